The fourth-order valence-electron chi connectivity index (χ4n) is 9.23. The Hall–Kier alpha value is -0.500. The summed E-state index contributed by atoms with van der Waals surface area (Å²) in [5.41, 5.74) is 0. The van der Waals surface area contributed by atoms with E-state index >= 15 is 0 Å². The molecule has 0 aromatic carbocycles. The number of hydrogen-bond acceptors (Lipinski definition) is 5. The van der Waals surface area contributed by atoms with E-state index in [-0.39, 0.29) is 19.1 Å². The number of nitrogens with one attached hydrogen (secondary N) is 1. The van der Waals surface area contributed by atoms with Crippen LogP contribution in [0.1, 0.15) is 309 Å². The molecule has 3 unspecified atom stereocenters. The summed E-state index contributed by atoms with van der Waals surface area (Å²) in [5.74, 6) is -0.137. The van der Waals surface area contributed by atoms with E-state index < -0.39 is 20.0 Å². The van der Waals surface area contributed by atoms with Gasteiger partial charge in [0.05, 0.1) is 39.9 Å². The smallest absolute Gasteiger partial charge is 0.391 e. The number of carbonyl (C=O) groups excluding carboxylic acids is 1. The highest BCUT2D eigenvalue weighted by Gasteiger charge is 2.28. The Morgan fingerprint density at radius 2 is 0.727 bits per heavy atom. The summed E-state index contributed by atoms with van der Waals surface area (Å²) < 4.78 is 23.7. The number of carbonyl (C=O) groups is 1. The van der Waals surface area contributed by atoms with Crippen LogP contribution in [0.4, 0.5) is 0 Å². The van der Waals surface area contributed by atoms with Crippen LogP contribution in [0.15, 0.2) is 0 Å². The van der Waals surface area contributed by atoms with Crippen LogP contribution < -0.4 is 5.32 Å². The molecule has 3 N–H and O–H groups in total. The third-order valence-electron chi connectivity index (χ3n) is 13.9. The molecule has 0 saturated carbocycles. The molecule has 0 aromatic heterocycles. The molecule has 66 heavy (non-hydrogen) atoms. The van der Waals surface area contributed by atoms with Crippen molar-refractivity contribution < 1.29 is 32.9 Å². The van der Waals surface area contributed by atoms with E-state index in [4.69, 9.17) is 9.05 Å². The third kappa shape index (κ3) is 51.4. The number of aliphatic hydroxyl groups excluding tert-OH is 1. The summed E-state index contributed by atoms with van der Waals surface area (Å²) in [6.07, 6.45) is 59.0. The number of likely N-dealkylation sites (N-methyl/N-ethyl adjacent to an activating group) is 1. The van der Waals surface area contributed by atoms with Gasteiger partial charge in [0.25, 0.3) is 0 Å². The summed E-state index contributed by atoms with van der Waals surface area (Å²) in [6.45, 7) is 4.93. The van der Waals surface area contributed by atoms with Crippen LogP contribution in [0.3, 0.4) is 0 Å². The molecule has 0 aliphatic carbocycles. The molecule has 0 radical (unpaired) electrons. The topological polar surface area (TPSA) is 105 Å². The molecule has 0 aliphatic rings. The Morgan fingerprint density at radius 3 is 1.02 bits per heavy atom. The molecule has 0 aliphatic heterocycles. The lowest BCUT2D eigenvalue weighted by Gasteiger charge is -2.26. The second-order valence-electron chi connectivity index (χ2n) is 21.7. The molecule has 396 valence electrons. The van der Waals surface area contributed by atoms with Gasteiger partial charge in [0.1, 0.15) is 13.2 Å². The molecule has 8 nitrogen and oxygen atoms in total. The Balaban J connectivity index is 3.91. The number of nitrogens with zero attached hydrogens (tertiary/aromatic N) is 1. The van der Waals surface area contributed by atoms with Crippen LogP contribution in [0, 0.1) is 0 Å². The fourth-order valence-corrected chi connectivity index (χ4v) is 9.96. The van der Waals surface area contributed by atoms with E-state index in [2.05, 4.69) is 19.2 Å². The predicted molar refractivity (Wildman–Crippen MR) is 286 cm³/mol. The molecule has 0 rings (SSSR count). The van der Waals surface area contributed by atoms with Gasteiger partial charge in [-0.2, -0.15) is 0 Å². The van der Waals surface area contributed by atoms with E-state index in [1.165, 1.54) is 244 Å². The predicted octanol–water partition coefficient (Wildman–Crippen LogP) is 17.7. The van der Waals surface area contributed by atoms with E-state index in [1.807, 2.05) is 21.1 Å². The van der Waals surface area contributed by atoms with Gasteiger partial charge in [0.15, 0.2) is 0 Å². The number of unbranched alkanes of at least 4 members (excludes halogenated alkanes) is 42. The molecular formula is C57H118N2O6P+. The summed E-state index contributed by atoms with van der Waals surface area (Å²) in [6, 6.07) is -0.754. The van der Waals surface area contributed by atoms with Crippen LogP contribution in [0.25, 0.3) is 0 Å². The van der Waals surface area contributed by atoms with Gasteiger partial charge < -0.3 is 19.8 Å². The zero-order valence-corrected chi connectivity index (χ0v) is 46.1. The molecule has 0 saturated heterocycles. The van der Waals surface area contributed by atoms with Crippen LogP contribution in [-0.4, -0.2) is 73.4 Å². The normalized spacial score (nSPS) is 13.9. The molecule has 1 amide bonds. The highest BCUT2D eigenvalue weighted by molar-refractivity contribution is 7.47. The first-order chi connectivity index (χ1) is 32.0. The van der Waals surface area contributed by atoms with Crippen molar-refractivity contribution >= 4 is 13.7 Å². The van der Waals surface area contributed by atoms with E-state index in [1.54, 1.807) is 0 Å². The number of phosphoric ester groups is 1. The van der Waals surface area contributed by atoms with Gasteiger partial charge in [-0.3, -0.25) is 13.8 Å². The van der Waals surface area contributed by atoms with Gasteiger partial charge in [0.2, 0.25) is 5.91 Å². The fraction of sp³-hybridized carbons (Fsp3) is 0.982. The van der Waals surface area contributed by atoms with Gasteiger partial charge in [0, 0.05) is 6.42 Å². The van der Waals surface area contributed by atoms with E-state index in [9.17, 15) is 19.4 Å². The molecular weight excluding hydrogens is 840 g/mol. The highest BCUT2D eigenvalue weighted by atomic mass is 31.2. The first-order valence-corrected chi connectivity index (χ1v) is 30.9. The minimum absolute atomic E-state index is 0.0788. The summed E-state index contributed by atoms with van der Waals surface area (Å²) in [7, 11) is 1.63. The number of amides is 1. The number of rotatable bonds is 55. The average molecular weight is 959 g/mol. The minimum Gasteiger partial charge on any atom is -0.391 e. The molecule has 3 atom stereocenters. The first-order valence-electron chi connectivity index (χ1n) is 29.4. The number of quaternary nitrogens is 1. The SMILES string of the molecule is CCCCCCCCCCCCCCCCCCCCCCCCCCCCCCCCCCC(=O)NC(COP(=O)(O)OCC[N+](C)(C)C)C(O)CCCCCCCCCCCCCC. The lowest BCUT2D eigenvalue weighted by Crippen LogP contribution is -2.46. The Kier molecular flexibility index (Phi) is 49.1. The Morgan fingerprint density at radius 1 is 0.455 bits per heavy atom. The zero-order valence-electron chi connectivity index (χ0n) is 45.2. The number of hydrogen-bond donors (Lipinski definition) is 3. The second kappa shape index (κ2) is 49.5. The minimum atomic E-state index is -4.31. The van der Waals surface area contributed by atoms with Crippen molar-refractivity contribution in [3.05, 3.63) is 0 Å². The van der Waals surface area contributed by atoms with Crippen molar-refractivity contribution in [3.8, 4) is 0 Å². The van der Waals surface area contributed by atoms with Gasteiger partial charge in [-0.1, -0.05) is 290 Å². The quantitative estimate of drug-likeness (QED) is 0.0319. The monoisotopic (exact) mass is 958 g/mol. The lowest BCUT2D eigenvalue weighted by molar-refractivity contribution is -0.870. The first kappa shape index (κ1) is 65.5. The third-order valence-corrected chi connectivity index (χ3v) is 14.8. The average Bonchev–Trinajstić information content (AvgIpc) is 3.28. The van der Waals surface area contributed by atoms with Crippen LogP contribution in [-0.2, 0) is 18.4 Å². The van der Waals surface area contributed by atoms with Gasteiger partial charge >= 0.3 is 7.82 Å². The molecule has 9 heteroatoms. The van der Waals surface area contributed by atoms with Crippen molar-refractivity contribution in [3.63, 3.8) is 0 Å². The van der Waals surface area contributed by atoms with Gasteiger partial charge in [-0.25, -0.2) is 4.57 Å². The molecule has 0 aromatic rings. The van der Waals surface area contributed by atoms with Crippen LogP contribution in [0.2, 0.25) is 0 Å². The van der Waals surface area contributed by atoms with Gasteiger partial charge in [-0.15, -0.1) is 0 Å². The lowest BCUT2D eigenvalue weighted by atomic mass is 10.0. The van der Waals surface area contributed by atoms with E-state index in [0.717, 1.165) is 38.5 Å². The van der Waals surface area contributed by atoms with Crippen molar-refractivity contribution in [1.29, 1.82) is 0 Å². The summed E-state index contributed by atoms with van der Waals surface area (Å²) in [5, 5.41) is 14.0. The Labute approximate surface area is 412 Å². The van der Waals surface area contributed by atoms with Crippen molar-refractivity contribution in [2.45, 2.75) is 321 Å². The number of aliphatic hydroxyl groups is 1. The summed E-state index contributed by atoms with van der Waals surface area (Å²) in [4.78, 5) is 23.3. The molecule has 0 spiro atoms. The van der Waals surface area contributed by atoms with Crippen LogP contribution >= 0.6 is 7.82 Å². The van der Waals surface area contributed by atoms with Crippen LogP contribution in [0.5, 0.6) is 0 Å². The van der Waals surface area contributed by atoms with E-state index in [0.29, 0.717) is 23.9 Å². The maximum absolute atomic E-state index is 13.0. The number of phosphoric acid groups is 1. The maximum atomic E-state index is 13.0. The van der Waals surface area contributed by atoms with Gasteiger partial charge in [-0.05, 0) is 12.8 Å². The zero-order chi connectivity index (χ0) is 48.5. The molecule has 0 fully saturated rings. The standard InChI is InChI=1S/C57H117N2O6P/c1-6-8-10-12-14-16-18-20-21-22-23-24-25-26-27-28-29-30-31-32-33-34-35-36-37-38-39-41-43-45-47-49-51-57(61)58-55(54-65-66(62,63)64-53-52-59(3,4)5)56(60)50-48-46-44-42-40-19-17-15-13-11-9-7-2/h55-56,60H,6-54H2,1-5H3,(H-,58,61,62,63)/p+1. The van der Waals surface area contributed by atoms with Crippen molar-refractivity contribution in [2.75, 3.05) is 40.9 Å². The second-order valence-corrected chi connectivity index (χ2v) is 23.2. The largest absolute Gasteiger partial charge is 0.472 e. The van der Waals surface area contributed by atoms with Crippen molar-refractivity contribution in [2.24, 2.45) is 0 Å². The molecule has 0 bridgehead atoms. The van der Waals surface area contributed by atoms with Crippen molar-refractivity contribution in [1.82, 2.24) is 5.32 Å². The Bertz CT molecular complexity index is 1040. The maximum Gasteiger partial charge on any atom is 0.472 e. The summed E-state index contributed by atoms with van der Waals surface area (Å²) >= 11 is 0. The highest BCUT2D eigenvalue weighted by Crippen LogP contribution is 2.43. The molecule has 0 heterocycles.